The number of halogens is 1. The monoisotopic (exact) mass is 605 g/mol. The highest BCUT2D eigenvalue weighted by Crippen LogP contribution is 2.32. The van der Waals surface area contributed by atoms with Crippen molar-refractivity contribution in [1.82, 2.24) is 9.13 Å². The van der Waals surface area contributed by atoms with Gasteiger partial charge in [0.2, 0.25) is 0 Å². The summed E-state index contributed by atoms with van der Waals surface area (Å²) in [5, 5.41) is 0. The summed E-state index contributed by atoms with van der Waals surface area (Å²) >= 11 is 4.78. The second-order valence-corrected chi connectivity index (χ2v) is 11.2. The molecule has 0 saturated heterocycles. The molecule has 1 atom stereocenters. The molecule has 0 fully saturated rings. The minimum absolute atomic E-state index is 0.219. The van der Waals surface area contributed by atoms with Crippen LogP contribution in [-0.2, 0) is 9.53 Å². The van der Waals surface area contributed by atoms with Crippen LogP contribution in [-0.4, -0.2) is 27.8 Å². The highest BCUT2D eigenvalue weighted by atomic mass is 79.9. The number of esters is 1. The van der Waals surface area contributed by atoms with Gasteiger partial charge in [0.25, 0.3) is 5.56 Å². The molecule has 0 aliphatic carbocycles. The molecule has 0 saturated carbocycles. The SMILES string of the molecule is CCOc1ccc([C@@H]2C(C(=O)OC(C)C)=C(C)N=c3s/c(=C/c4cccn4-c4ccc(Br)cc4)c(=O)n32)cc1. The summed E-state index contributed by atoms with van der Waals surface area (Å²) in [6, 6.07) is 18.6. The fourth-order valence-electron chi connectivity index (χ4n) is 4.57. The first kappa shape index (κ1) is 26.9. The number of fused-ring (bicyclic) bond motifs is 1. The van der Waals surface area contributed by atoms with Crippen molar-refractivity contribution in [2.24, 2.45) is 4.99 Å². The van der Waals surface area contributed by atoms with Crippen molar-refractivity contribution >= 4 is 39.3 Å². The third-order valence-corrected chi connectivity index (χ3v) is 7.77. The lowest BCUT2D eigenvalue weighted by molar-refractivity contribution is -0.143. The number of benzene rings is 2. The molecule has 200 valence electrons. The van der Waals surface area contributed by atoms with Gasteiger partial charge < -0.3 is 14.0 Å². The van der Waals surface area contributed by atoms with Crippen LogP contribution < -0.4 is 19.6 Å². The van der Waals surface area contributed by atoms with E-state index < -0.39 is 12.0 Å². The predicted octanol–water partition coefficient (Wildman–Crippen LogP) is 5.14. The van der Waals surface area contributed by atoms with Crippen LogP contribution in [0.2, 0.25) is 0 Å². The Morgan fingerprint density at radius 3 is 2.51 bits per heavy atom. The number of thiazole rings is 1. The molecule has 0 bridgehead atoms. The molecule has 5 rings (SSSR count). The van der Waals surface area contributed by atoms with Gasteiger partial charge in [0, 0.05) is 22.1 Å². The number of nitrogens with zero attached hydrogens (tertiary/aromatic N) is 3. The maximum absolute atomic E-state index is 13.9. The smallest absolute Gasteiger partial charge is 0.338 e. The maximum Gasteiger partial charge on any atom is 0.338 e. The van der Waals surface area contributed by atoms with Gasteiger partial charge in [-0.3, -0.25) is 9.36 Å². The van der Waals surface area contributed by atoms with Crippen LogP contribution in [0.5, 0.6) is 5.75 Å². The topological polar surface area (TPSA) is 74.8 Å². The third kappa shape index (κ3) is 5.42. The van der Waals surface area contributed by atoms with Gasteiger partial charge in [0.15, 0.2) is 4.80 Å². The molecular weight excluding hydrogens is 578 g/mol. The summed E-state index contributed by atoms with van der Waals surface area (Å²) in [5.74, 6) is 0.234. The van der Waals surface area contributed by atoms with Crippen molar-refractivity contribution in [2.75, 3.05) is 6.61 Å². The second-order valence-electron chi connectivity index (χ2n) is 9.32. The molecule has 0 N–H and O–H groups in total. The molecule has 7 nitrogen and oxygen atoms in total. The van der Waals surface area contributed by atoms with Crippen LogP contribution in [0.1, 0.15) is 45.0 Å². The molecule has 9 heteroatoms. The van der Waals surface area contributed by atoms with E-state index in [1.165, 1.54) is 11.3 Å². The number of carbonyl (C=O) groups is 1. The molecule has 1 aliphatic rings. The second kappa shape index (κ2) is 11.2. The Bertz CT molecular complexity index is 1730. The number of carbonyl (C=O) groups excluding carboxylic acids is 1. The number of allylic oxidation sites excluding steroid dienone is 1. The van der Waals surface area contributed by atoms with E-state index in [-0.39, 0.29) is 11.7 Å². The predicted molar refractivity (Wildman–Crippen MR) is 156 cm³/mol. The summed E-state index contributed by atoms with van der Waals surface area (Å²) in [6.07, 6.45) is 3.51. The first-order valence-corrected chi connectivity index (χ1v) is 14.3. The Kier molecular flexibility index (Phi) is 7.72. The Labute approximate surface area is 238 Å². The summed E-state index contributed by atoms with van der Waals surface area (Å²) in [4.78, 5) is 32.5. The minimum atomic E-state index is -0.677. The average molecular weight is 607 g/mol. The third-order valence-electron chi connectivity index (χ3n) is 6.26. The Morgan fingerprint density at radius 2 is 1.85 bits per heavy atom. The number of ether oxygens (including phenoxy) is 2. The lowest BCUT2D eigenvalue weighted by Gasteiger charge is -2.25. The molecule has 2 aromatic heterocycles. The molecule has 39 heavy (non-hydrogen) atoms. The van der Waals surface area contributed by atoms with E-state index in [0.717, 1.165) is 27.2 Å². The van der Waals surface area contributed by atoms with Gasteiger partial charge in [-0.15, -0.1) is 0 Å². The number of hydrogen-bond donors (Lipinski definition) is 0. The van der Waals surface area contributed by atoms with Crippen LogP contribution in [0.4, 0.5) is 0 Å². The Balaban J connectivity index is 1.66. The van der Waals surface area contributed by atoms with Crippen LogP contribution in [0.3, 0.4) is 0 Å². The first-order chi connectivity index (χ1) is 18.8. The van der Waals surface area contributed by atoms with Gasteiger partial charge in [-0.2, -0.15) is 0 Å². The summed E-state index contributed by atoms with van der Waals surface area (Å²) in [5.41, 5.74) is 3.27. The number of rotatable bonds is 7. The Morgan fingerprint density at radius 1 is 1.13 bits per heavy atom. The maximum atomic E-state index is 13.9. The first-order valence-electron chi connectivity index (χ1n) is 12.7. The zero-order chi connectivity index (χ0) is 27.7. The van der Waals surface area contributed by atoms with Crippen LogP contribution in [0, 0.1) is 0 Å². The normalized spacial score (nSPS) is 15.3. The quantitative estimate of drug-likeness (QED) is 0.273. The molecule has 1 aliphatic heterocycles. The van der Waals surface area contributed by atoms with E-state index in [0.29, 0.717) is 27.2 Å². The van der Waals surface area contributed by atoms with Crippen molar-refractivity contribution in [2.45, 2.75) is 39.8 Å². The highest BCUT2D eigenvalue weighted by molar-refractivity contribution is 9.10. The van der Waals surface area contributed by atoms with Crippen LogP contribution >= 0.6 is 27.3 Å². The summed E-state index contributed by atoms with van der Waals surface area (Å²) in [6.45, 7) is 7.85. The van der Waals surface area contributed by atoms with Crippen LogP contribution in [0.15, 0.2) is 92.4 Å². The molecule has 4 aromatic rings. The lowest BCUT2D eigenvalue weighted by atomic mass is 9.96. The molecule has 0 spiro atoms. The molecule has 3 heterocycles. The molecular formula is C30H28BrN3O4S. The molecule has 2 aromatic carbocycles. The molecule has 0 unspecified atom stereocenters. The zero-order valence-corrected chi connectivity index (χ0v) is 24.5. The summed E-state index contributed by atoms with van der Waals surface area (Å²) < 4.78 is 16.3. The van der Waals surface area contributed by atoms with Gasteiger partial charge in [-0.05, 0) is 87.9 Å². The van der Waals surface area contributed by atoms with E-state index in [1.807, 2.05) is 84.4 Å². The van der Waals surface area contributed by atoms with Gasteiger partial charge in [0.05, 0.1) is 34.6 Å². The highest BCUT2D eigenvalue weighted by Gasteiger charge is 2.33. The van der Waals surface area contributed by atoms with E-state index in [2.05, 4.69) is 20.9 Å². The van der Waals surface area contributed by atoms with Crippen molar-refractivity contribution in [3.8, 4) is 11.4 Å². The fourth-order valence-corrected chi connectivity index (χ4v) is 5.87. The minimum Gasteiger partial charge on any atom is -0.494 e. The van der Waals surface area contributed by atoms with Crippen molar-refractivity contribution in [1.29, 1.82) is 0 Å². The largest absolute Gasteiger partial charge is 0.494 e. The van der Waals surface area contributed by atoms with E-state index in [1.54, 1.807) is 25.3 Å². The van der Waals surface area contributed by atoms with Crippen LogP contribution in [0.25, 0.3) is 11.8 Å². The van der Waals surface area contributed by atoms with E-state index >= 15 is 0 Å². The molecule has 0 radical (unpaired) electrons. The fraction of sp³-hybridized carbons (Fsp3) is 0.233. The van der Waals surface area contributed by atoms with Gasteiger partial charge >= 0.3 is 5.97 Å². The van der Waals surface area contributed by atoms with Gasteiger partial charge in [-0.1, -0.05) is 39.4 Å². The van der Waals surface area contributed by atoms with E-state index in [4.69, 9.17) is 9.47 Å². The standard InChI is InChI=1S/C30H28BrN3O4S/c1-5-37-24-14-8-20(9-15-24)27-26(29(36)38-18(2)3)19(4)32-30-34(27)28(35)25(39-30)17-23-7-6-16-33(23)22-12-10-21(31)11-13-22/h6-18,27H,5H2,1-4H3/b25-17+/t27-/m1/s1. The molecule has 0 amide bonds. The number of aromatic nitrogens is 2. The zero-order valence-electron chi connectivity index (χ0n) is 22.1. The van der Waals surface area contributed by atoms with Crippen molar-refractivity contribution < 1.29 is 14.3 Å². The number of hydrogen-bond acceptors (Lipinski definition) is 6. The van der Waals surface area contributed by atoms with E-state index in [9.17, 15) is 9.59 Å². The lowest BCUT2D eigenvalue weighted by Crippen LogP contribution is -2.40. The van der Waals surface area contributed by atoms with Crippen molar-refractivity contribution in [3.05, 3.63) is 114 Å². The van der Waals surface area contributed by atoms with Gasteiger partial charge in [0.1, 0.15) is 5.75 Å². The van der Waals surface area contributed by atoms with Crippen molar-refractivity contribution in [3.63, 3.8) is 0 Å². The summed E-state index contributed by atoms with van der Waals surface area (Å²) in [7, 11) is 0. The average Bonchev–Trinajstić information content (AvgIpc) is 3.48. The Hall–Kier alpha value is -3.69. The van der Waals surface area contributed by atoms with Gasteiger partial charge in [-0.25, -0.2) is 9.79 Å².